The molecule has 0 spiro atoms. The Hall–Kier alpha value is -3.04. The monoisotopic (exact) mass is 425 g/mol. The van der Waals surface area contributed by atoms with E-state index in [-0.39, 0.29) is 16.8 Å². The van der Waals surface area contributed by atoms with Crippen LogP contribution in [0.2, 0.25) is 0 Å². The van der Waals surface area contributed by atoms with Crippen LogP contribution in [0.4, 0.5) is 0 Å². The van der Waals surface area contributed by atoms with Gasteiger partial charge in [-0.1, -0.05) is 18.2 Å². The molecule has 0 unspecified atom stereocenters. The van der Waals surface area contributed by atoms with Crippen LogP contribution in [0.3, 0.4) is 0 Å². The predicted molar refractivity (Wildman–Crippen MR) is 111 cm³/mol. The van der Waals surface area contributed by atoms with Gasteiger partial charge in [-0.05, 0) is 49.1 Å². The van der Waals surface area contributed by atoms with Crippen molar-refractivity contribution in [3.63, 3.8) is 0 Å². The van der Waals surface area contributed by atoms with Crippen LogP contribution in [0.1, 0.15) is 30.4 Å². The molecule has 1 aliphatic carbocycles. The highest BCUT2D eigenvalue weighted by Crippen LogP contribution is 2.22. The minimum atomic E-state index is -3.45. The molecule has 3 aromatic rings. The first-order valence-corrected chi connectivity index (χ1v) is 11.3. The lowest BCUT2D eigenvalue weighted by molar-refractivity contribution is -0.121. The highest BCUT2D eigenvalue weighted by Gasteiger charge is 2.27. The van der Waals surface area contributed by atoms with Crippen LogP contribution < -0.4 is 10.0 Å². The van der Waals surface area contributed by atoms with Crippen LogP contribution >= 0.6 is 0 Å². The molecule has 2 aromatic heterocycles. The standard InChI is InChI=1S/C21H23N5O3S/c27-20(23-15-17-3-1-12-22-21(17)26-14-2-13-24-26)11-6-16-4-9-19(10-5-16)30(28,29)25-18-7-8-18/h1-5,9-10,12-14,18,25H,6-8,11,15H2,(H,23,27). The van der Waals surface area contributed by atoms with Crippen LogP contribution in [0.15, 0.2) is 66.0 Å². The summed E-state index contributed by atoms with van der Waals surface area (Å²) in [5.41, 5.74) is 1.78. The number of rotatable bonds is 9. The second-order valence-corrected chi connectivity index (χ2v) is 8.97. The number of aromatic nitrogens is 3. The van der Waals surface area contributed by atoms with Crippen molar-refractivity contribution in [2.75, 3.05) is 0 Å². The molecule has 0 saturated heterocycles. The summed E-state index contributed by atoms with van der Waals surface area (Å²) in [6.45, 7) is 0.353. The highest BCUT2D eigenvalue weighted by molar-refractivity contribution is 7.89. The SMILES string of the molecule is O=C(CCc1ccc(S(=O)(=O)NC2CC2)cc1)NCc1cccnc1-n1cccn1. The van der Waals surface area contributed by atoms with Gasteiger partial charge in [0, 0.05) is 43.2 Å². The third-order valence-corrected chi connectivity index (χ3v) is 6.37. The van der Waals surface area contributed by atoms with E-state index in [4.69, 9.17) is 0 Å². The quantitative estimate of drug-likeness (QED) is 0.545. The van der Waals surface area contributed by atoms with E-state index in [0.29, 0.717) is 25.2 Å². The van der Waals surface area contributed by atoms with Crippen molar-refractivity contribution in [1.82, 2.24) is 24.8 Å². The maximum Gasteiger partial charge on any atom is 0.240 e. The Kier molecular flexibility index (Phi) is 5.91. The van der Waals surface area contributed by atoms with Gasteiger partial charge in [-0.3, -0.25) is 4.79 Å². The van der Waals surface area contributed by atoms with Crippen LogP contribution in [-0.2, 0) is 27.8 Å². The number of carbonyl (C=O) groups excluding carboxylic acids is 1. The Morgan fingerprint density at radius 3 is 2.60 bits per heavy atom. The van der Waals surface area contributed by atoms with Crippen molar-refractivity contribution in [1.29, 1.82) is 0 Å². The van der Waals surface area contributed by atoms with E-state index in [1.54, 1.807) is 47.5 Å². The molecule has 0 radical (unpaired) electrons. The molecule has 1 amide bonds. The lowest BCUT2D eigenvalue weighted by Gasteiger charge is -2.10. The molecule has 0 bridgehead atoms. The number of aryl methyl sites for hydroxylation is 1. The van der Waals surface area contributed by atoms with Gasteiger partial charge in [-0.25, -0.2) is 22.8 Å². The lowest BCUT2D eigenvalue weighted by atomic mass is 10.1. The van der Waals surface area contributed by atoms with Gasteiger partial charge in [0.2, 0.25) is 15.9 Å². The predicted octanol–water partition coefficient (Wildman–Crippen LogP) is 1.96. The largest absolute Gasteiger partial charge is 0.352 e. The fraction of sp³-hybridized carbons (Fsp3) is 0.286. The molecule has 4 rings (SSSR count). The molecule has 8 nitrogen and oxygen atoms in total. The maximum absolute atomic E-state index is 12.3. The fourth-order valence-electron chi connectivity index (χ4n) is 3.03. The first kappa shape index (κ1) is 20.2. The van der Waals surface area contributed by atoms with Crippen molar-refractivity contribution in [2.24, 2.45) is 0 Å². The summed E-state index contributed by atoms with van der Waals surface area (Å²) in [7, 11) is -3.45. The minimum absolute atomic E-state index is 0.0759. The summed E-state index contributed by atoms with van der Waals surface area (Å²) >= 11 is 0. The zero-order valence-corrected chi connectivity index (χ0v) is 17.2. The molecule has 9 heteroatoms. The van der Waals surface area contributed by atoms with Gasteiger partial charge in [-0.15, -0.1) is 0 Å². The van der Waals surface area contributed by atoms with Gasteiger partial charge in [0.05, 0.1) is 4.90 Å². The van der Waals surface area contributed by atoms with E-state index in [1.165, 1.54) is 0 Å². The molecule has 30 heavy (non-hydrogen) atoms. The lowest BCUT2D eigenvalue weighted by Crippen LogP contribution is -2.25. The number of sulfonamides is 1. The molecule has 1 fully saturated rings. The zero-order valence-electron chi connectivity index (χ0n) is 16.4. The molecule has 2 N–H and O–H groups in total. The van der Waals surface area contributed by atoms with Gasteiger partial charge in [0.15, 0.2) is 5.82 Å². The number of carbonyl (C=O) groups is 1. The van der Waals surface area contributed by atoms with Crippen LogP contribution in [-0.4, -0.2) is 35.1 Å². The number of amides is 1. The molecule has 1 saturated carbocycles. The van der Waals surface area contributed by atoms with Gasteiger partial charge in [0.25, 0.3) is 0 Å². The number of nitrogens with zero attached hydrogens (tertiary/aromatic N) is 3. The molecular weight excluding hydrogens is 402 g/mol. The Balaban J connectivity index is 1.29. The Morgan fingerprint density at radius 1 is 1.10 bits per heavy atom. The van der Waals surface area contributed by atoms with E-state index in [2.05, 4.69) is 20.1 Å². The van der Waals surface area contributed by atoms with Crippen molar-refractivity contribution < 1.29 is 13.2 Å². The topological polar surface area (TPSA) is 106 Å². The summed E-state index contributed by atoms with van der Waals surface area (Å²) in [5, 5.41) is 7.10. The van der Waals surface area contributed by atoms with E-state index in [0.717, 1.165) is 24.0 Å². The van der Waals surface area contributed by atoms with Crippen molar-refractivity contribution in [3.8, 4) is 5.82 Å². The van der Waals surface area contributed by atoms with Crippen LogP contribution in [0.25, 0.3) is 5.82 Å². The second kappa shape index (κ2) is 8.76. The highest BCUT2D eigenvalue weighted by atomic mass is 32.2. The van der Waals surface area contributed by atoms with E-state index in [1.807, 2.05) is 18.2 Å². The van der Waals surface area contributed by atoms with E-state index in [9.17, 15) is 13.2 Å². The maximum atomic E-state index is 12.3. The van der Waals surface area contributed by atoms with Gasteiger partial charge in [0.1, 0.15) is 0 Å². The molecule has 1 aromatic carbocycles. The second-order valence-electron chi connectivity index (χ2n) is 7.25. The number of nitrogens with one attached hydrogen (secondary N) is 2. The molecule has 156 valence electrons. The number of hydrogen-bond acceptors (Lipinski definition) is 5. The van der Waals surface area contributed by atoms with Gasteiger partial charge >= 0.3 is 0 Å². The summed E-state index contributed by atoms with van der Waals surface area (Å²) in [5.74, 6) is 0.594. The molecule has 2 heterocycles. The number of hydrogen-bond donors (Lipinski definition) is 2. The van der Waals surface area contributed by atoms with Crippen molar-refractivity contribution in [3.05, 3.63) is 72.2 Å². The van der Waals surface area contributed by atoms with Crippen molar-refractivity contribution in [2.45, 2.75) is 43.2 Å². The van der Waals surface area contributed by atoms with E-state index >= 15 is 0 Å². The number of pyridine rings is 1. The third kappa shape index (κ3) is 5.11. The van der Waals surface area contributed by atoms with Crippen molar-refractivity contribution >= 4 is 15.9 Å². The van der Waals surface area contributed by atoms with Crippen LogP contribution in [0, 0.1) is 0 Å². The zero-order chi connectivity index (χ0) is 21.0. The first-order valence-electron chi connectivity index (χ1n) is 9.83. The average molecular weight is 426 g/mol. The first-order chi connectivity index (χ1) is 14.5. The molecule has 1 aliphatic rings. The average Bonchev–Trinajstić information content (AvgIpc) is 3.38. The molecule has 0 atom stereocenters. The summed E-state index contributed by atoms with van der Waals surface area (Å²) in [6, 6.07) is 12.3. The Bertz CT molecular complexity index is 1110. The number of benzene rings is 1. The normalized spacial score (nSPS) is 13.9. The third-order valence-electron chi connectivity index (χ3n) is 4.84. The van der Waals surface area contributed by atoms with Crippen LogP contribution in [0.5, 0.6) is 0 Å². The minimum Gasteiger partial charge on any atom is -0.352 e. The van der Waals surface area contributed by atoms with E-state index < -0.39 is 10.0 Å². The molecular formula is C21H23N5O3S. The summed E-state index contributed by atoms with van der Waals surface area (Å²) in [4.78, 5) is 16.9. The smallest absolute Gasteiger partial charge is 0.240 e. The van der Waals surface area contributed by atoms with Gasteiger partial charge in [-0.2, -0.15) is 5.10 Å². The molecule has 0 aliphatic heterocycles. The van der Waals surface area contributed by atoms with Gasteiger partial charge < -0.3 is 5.32 Å². The summed E-state index contributed by atoms with van der Waals surface area (Å²) < 4.78 is 28.7. The Labute approximate surface area is 175 Å². The fourth-order valence-corrected chi connectivity index (χ4v) is 4.34. The Morgan fingerprint density at radius 2 is 1.90 bits per heavy atom. The summed E-state index contributed by atoms with van der Waals surface area (Å²) in [6.07, 6.45) is 7.80.